The van der Waals surface area contributed by atoms with E-state index in [2.05, 4.69) is 38.0 Å². The van der Waals surface area contributed by atoms with Crippen LogP contribution in [0.2, 0.25) is 0 Å². The predicted molar refractivity (Wildman–Crippen MR) is 124 cm³/mol. The summed E-state index contributed by atoms with van der Waals surface area (Å²) in [5.41, 5.74) is 5.86. The number of likely N-dealkylation sites (N-methyl/N-ethyl adjacent to an activating group) is 1. The molecule has 0 aromatic heterocycles. The van der Waals surface area contributed by atoms with Gasteiger partial charge in [-0.05, 0) is 51.4 Å². The second kappa shape index (κ2) is 12.6. The van der Waals surface area contributed by atoms with Crippen LogP contribution in [0.4, 0.5) is 4.79 Å². The van der Waals surface area contributed by atoms with Crippen molar-refractivity contribution in [3.8, 4) is 5.75 Å². The van der Waals surface area contributed by atoms with E-state index in [4.69, 9.17) is 4.74 Å². The molecule has 9 heteroatoms. The number of alkyl carbamates (subject to hydrolysis) is 1. The third kappa shape index (κ3) is 7.96. The van der Waals surface area contributed by atoms with Crippen molar-refractivity contribution in [2.24, 2.45) is 5.41 Å². The van der Waals surface area contributed by atoms with E-state index in [1.54, 1.807) is 20.8 Å². The molecular weight excluding hydrogens is 410 g/mol. The maximum atomic E-state index is 12.5. The summed E-state index contributed by atoms with van der Waals surface area (Å²) >= 11 is 0. The molecule has 1 heterocycles. The van der Waals surface area contributed by atoms with E-state index in [9.17, 15) is 9.59 Å². The molecule has 4 N–H and O–H groups in total. The van der Waals surface area contributed by atoms with Crippen LogP contribution in [0, 0.1) is 5.41 Å². The van der Waals surface area contributed by atoms with Crippen molar-refractivity contribution in [1.29, 1.82) is 0 Å². The quantitative estimate of drug-likeness (QED) is 0.381. The molecule has 0 spiro atoms. The number of hydrazine groups is 1. The number of benzene rings is 1. The van der Waals surface area contributed by atoms with E-state index in [1.807, 2.05) is 24.3 Å². The van der Waals surface area contributed by atoms with Crippen molar-refractivity contribution >= 4 is 12.0 Å². The molecule has 1 saturated heterocycles. The third-order valence-electron chi connectivity index (χ3n) is 6.13. The van der Waals surface area contributed by atoms with Gasteiger partial charge in [0, 0.05) is 38.3 Å². The first-order valence-corrected chi connectivity index (χ1v) is 11.3. The molecule has 2 amide bonds. The van der Waals surface area contributed by atoms with E-state index >= 15 is 0 Å². The van der Waals surface area contributed by atoms with E-state index in [0.717, 1.165) is 43.9 Å². The van der Waals surface area contributed by atoms with Gasteiger partial charge in [-0.3, -0.25) is 10.2 Å². The standard InChI is InChI=1S/C23H39N5O4/c1-6-28-13-12-24-19(16-28)11-14-32-20-9-7-18(8-10-20)15-25-27-21(29)23(3,4)17(2)26-22(30)31-5/h7-10,17,19,24-25H,6,11-16H2,1-5H3,(H,26,30)(H,27,29). The minimum atomic E-state index is -0.819. The first-order chi connectivity index (χ1) is 15.3. The zero-order valence-electron chi connectivity index (χ0n) is 20.0. The SMILES string of the molecule is CCN1CCNC(CCOc2ccc(CNNC(=O)C(C)(C)C(C)NC(=O)OC)cc2)C1. The molecule has 32 heavy (non-hydrogen) atoms. The van der Waals surface area contributed by atoms with Crippen LogP contribution in [-0.4, -0.2) is 68.9 Å². The fourth-order valence-electron chi connectivity index (χ4n) is 3.40. The largest absolute Gasteiger partial charge is 0.494 e. The molecular formula is C23H39N5O4. The predicted octanol–water partition coefficient (Wildman–Crippen LogP) is 1.64. The molecule has 0 bridgehead atoms. The van der Waals surface area contributed by atoms with Crippen LogP contribution >= 0.6 is 0 Å². The Labute approximate surface area is 191 Å². The third-order valence-corrected chi connectivity index (χ3v) is 6.13. The summed E-state index contributed by atoms with van der Waals surface area (Å²) < 4.78 is 10.5. The Morgan fingerprint density at radius 3 is 2.66 bits per heavy atom. The van der Waals surface area contributed by atoms with Crippen LogP contribution in [-0.2, 0) is 16.1 Å². The summed E-state index contributed by atoms with van der Waals surface area (Å²) in [6.07, 6.45) is 0.414. The van der Waals surface area contributed by atoms with Crippen LogP contribution in [0.3, 0.4) is 0 Å². The Bertz CT molecular complexity index is 726. The molecule has 1 aliphatic rings. The second-order valence-electron chi connectivity index (χ2n) is 8.71. The molecule has 1 aliphatic heterocycles. The van der Waals surface area contributed by atoms with Gasteiger partial charge in [-0.15, -0.1) is 0 Å². The topological polar surface area (TPSA) is 104 Å². The summed E-state index contributed by atoms with van der Waals surface area (Å²) in [6, 6.07) is 7.90. The minimum Gasteiger partial charge on any atom is -0.494 e. The molecule has 9 nitrogen and oxygen atoms in total. The summed E-state index contributed by atoms with van der Waals surface area (Å²) in [4.78, 5) is 26.4. The van der Waals surface area contributed by atoms with Crippen molar-refractivity contribution in [2.75, 3.05) is 39.9 Å². The fraction of sp³-hybridized carbons (Fsp3) is 0.652. The van der Waals surface area contributed by atoms with Gasteiger partial charge in [0.05, 0.1) is 19.1 Å². The van der Waals surface area contributed by atoms with Crippen LogP contribution in [0.15, 0.2) is 24.3 Å². The van der Waals surface area contributed by atoms with Crippen molar-refractivity contribution in [3.05, 3.63) is 29.8 Å². The van der Waals surface area contributed by atoms with Gasteiger partial charge in [0.1, 0.15) is 5.75 Å². The average Bonchev–Trinajstić information content (AvgIpc) is 2.79. The lowest BCUT2D eigenvalue weighted by Crippen LogP contribution is -2.53. The van der Waals surface area contributed by atoms with Crippen molar-refractivity contribution in [1.82, 2.24) is 26.4 Å². The lowest BCUT2D eigenvalue weighted by Gasteiger charge is -2.32. The lowest BCUT2D eigenvalue weighted by atomic mass is 9.84. The van der Waals surface area contributed by atoms with Gasteiger partial charge in [-0.25, -0.2) is 10.2 Å². The van der Waals surface area contributed by atoms with Gasteiger partial charge in [0.2, 0.25) is 5.91 Å². The number of nitrogens with zero attached hydrogens (tertiary/aromatic N) is 1. The summed E-state index contributed by atoms with van der Waals surface area (Å²) in [7, 11) is 1.29. The number of amides is 2. The first-order valence-electron chi connectivity index (χ1n) is 11.3. The number of hydrogen-bond acceptors (Lipinski definition) is 7. The van der Waals surface area contributed by atoms with Crippen LogP contribution in [0.25, 0.3) is 0 Å². The molecule has 2 atom stereocenters. The fourth-order valence-corrected chi connectivity index (χ4v) is 3.40. The molecule has 2 rings (SSSR count). The number of methoxy groups -OCH3 is 1. The number of piperazine rings is 1. The Balaban J connectivity index is 1.70. The maximum Gasteiger partial charge on any atom is 0.407 e. The molecule has 0 saturated carbocycles. The zero-order chi connectivity index (χ0) is 23.6. The normalized spacial score (nSPS) is 18.0. The van der Waals surface area contributed by atoms with Gasteiger partial charge < -0.3 is 25.0 Å². The van der Waals surface area contributed by atoms with Crippen LogP contribution < -0.4 is 26.2 Å². The number of carbonyl (C=O) groups is 2. The Morgan fingerprint density at radius 1 is 1.28 bits per heavy atom. The molecule has 0 aliphatic carbocycles. The van der Waals surface area contributed by atoms with Crippen LogP contribution in [0.5, 0.6) is 5.75 Å². The minimum absolute atomic E-state index is 0.223. The molecule has 1 aromatic rings. The maximum absolute atomic E-state index is 12.5. The second-order valence-corrected chi connectivity index (χ2v) is 8.71. The average molecular weight is 450 g/mol. The Morgan fingerprint density at radius 2 is 2.00 bits per heavy atom. The summed E-state index contributed by atoms with van der Waals surface area (Å²) in [5, 5.41) is 6.19. The van der Waals surface area contributed by atoms with E-state index in [-0.39, 0.29) is 5.91 Å². The van der Waals surface area contributed by atoms with Crippen molar-refractivity contribution in [2.45, 2.75) is 52.7 Å². The zero-order valence-corrected chi connectivity index (χ0v) is 20.0. The number of nitrogens with one attached hydrogen (secondary N) is 4. The van der Waals surface area contributed by atoms with Gasteiger partial charge in [-0.1, -0.05) is 19.1 Å². The van der Waals surface area contributed by atoms with Gasteiger partial charge in [0.15, 0.2) is 0 Å². The Kier molecular flexibility index (Phi) is 10.2. The van der Waals surface area contributed by atoms with Crippen molar-refractivity contribution < 1.29 is 19.1 Å². The summed E-state index contributed by atoms with van der Waals surface area (Å²) in [6.45, 7) is 13.0. The molecule has 1 fully saturated rings. The highest BCUT2D eigenvalue weighted by atomic mass is 16.5. The molecule has 0 radical (unpaired) electrons. The van der Waals surface area contributed by atoms with Crippen LogP contribution in [0.1, 0.15) is 39.7 Å². The number of hydrogen-bond donors (Lipinski definition) is 4. The lowest BCUT2D eigenvalue weighted by molar-refractivity contribution is -0.131. The van der Waals surface area contributed by atoms with Gasteiger partial charge in [-0.2, -0.15) is 0 Å². The smallest absolute Gasteiger partial charge is 0.407 e. The molecule has 1 aromatic carbocycles. The van der Waals surface area contributed by atoms with E-state index in [0.29, 0.717) is 19.2 Å². The Hall–Kier alpha value is -2.36. The molecule has 180 valence electrons. The summed E-state index contributed by atoms with van der Waals surface area (Å²) in [5.74, 6) is 0.615. The van der Waals surface area contributed by atoms with E-state index in [1.165, 1.54) is 7.11 Å². The number of ether oxygens (including phenoxy) is 2. The molecule has 2 unspecified atom stereocenters. The van der Waals surface area contributed by atoms with Crippen molar-refractivity contribution in [3.63, 3.8) is 0 Å². The highest BCUT2D eigenvalue weighted by Crippen LogP contribution is 2.20. The highest BCUT2D eigenvalue weighted by molar-refractivity contribution is 5.83. The van der Waals surface area contributed by atoms with Gasteiger partial charge in [0.25, 0.3) is 0 Å². The van der Waals surface area contributed by atoms with E-state index < -0.39 is 17.6 Å². The highest BCUT2D eigenvalue weighted by Gasteiger charge is 2.35. The monoisotopic (exact) mass is 449 g/mol. The first kappa shape index (κ1) is 25.9. The number of carbonyl (C=O) groups excluding carboxylic acids is 2. The van der Waals surface area contributed by atoms with Gasteiger partial charge >= 0.3 is 6.09 Å². The number of rotatable bonds is 11.